The van der Waals surface area contributed by atoms with Crippen molar-refractivity contribution >= 4 is 30.7 Å². The summed E-state index contributed by atoms with van der Waals surface area (Å²) in [7, 11) is 0. The summed E-state index contributed by atoms with van der Waals surface area (Å²) in [4.78, 5) is 14.8. The van der Waals surface area contributed by atoms with Crippen LogP contribution in [0.1, 0.15) is 58.8 Å². The van der Waals surface area contributed by atoms with Gasteiger partial charge in [0.2, 0.25) is 5.91 Å². The van der Waals surface area contributed by atoms with Crippen LogP contribution in [-0.4, -0.2) is 42.0 Å². The molecule has 0 aromatic carbocycles. The molecule has 1 saturated carbocycles. The molecule has 0 bridgehead atoms. The molecule has 0 aromatic rings. The van der Waals surface area contributed by atoms with Gasteiger partial charge in [-0.05, 0) is 46.1 Å². The average Bonchev–Trinajstić information content (AvgIpc) is 2.40. The third kappa shape index (κ3) is 5.88. The van der Waals surface area contributed by atoms with E-state index in [0.717, 1.165) is 38.8 Å². The maximum atomic E-state index is 12.3. The monoisotopic (exact) mass is 353 g/mol. The first-order valence-corrected chi connectivity index (χ1v) is 8.31. The largest absolute Gasteiger partial charge is 0.355 e. The maximum Gasteiger partial charge on any atom is 0.225 e. The van der Waals surface area contributed by atoms with Crippen molar-refractivity contribution in [2.24, 2.45) is 11.7 Å². The number of likely N-dealkylation sites (tertiary alicyclic amines) is 1. The minimum Gasteiger partial charge on any atom is -0.355 e. The van der Waals surface area contributed by atoms with Gasteiger partial charge in [-0.3, -0.25) is 9.69 Å². The Morgan fingerprint density at radius 3 is 2.55 bits per heavy atom. The SMILES string of the molecule is CC1CCCCN1CCNC(=O)C1CCCCC1(C)N.Cl.Cl. The molecule has 132 valence electrons. The fourth-order valence-electron chi connectivity index (χ4n) is 3.72. The fourth-order valence-corrected chi connectivity index (χ4v) is 3.72. The van der Waals surface area contributed by atoms with Gasteiger partial charge in [-0.25, -0.2) is 0 Å². The summed E-state index contributed by atoms with van der Waals surface area (Å²) in [6.07, 6.45) is 8.13. The highest BCUT2D eigenvalue weighted by atomic mass is 35.5. The number of hydrogen-bond acceptors (Lipinski definition) is 3. The van der Waals surface area contributed by atoms with E-state index in [1.54, 1.807) is 0 Å². The summed E-state index contributed by atoms with van der Waals surface area (Å²) in [6, 6.07) is 0.662. The number of halogens is 2. The van der Waals surface area contributed by atoms with Gasteiger partial charge in [0.25, 0.3) is 0 Å². The minimum atomic E-state index is -0.319. The Morgan fingerprint density at radius 2 is 1.91 bits per heavy atom. The zero-order chi connectivity index (χ0) is 14.6. The number of carbonyl (C=O) groups excluding carboxylic acids is 1. The van der Waals surface area contributed by atoms with Crippen molar-refractivity contribution in [1.29, 1.82) is 0 Å². The standard InChI is InChI=1S/C16H31N3O.2ClH/c1-13-7-4-6-11-19(13)12-10-18-15(20)14-8-3-5-9-16(14,2)17;;/h13-14H,3-12,17H2,1-2H3,(H,18,20);2*1H. The van der Waals surface area contributed by atoms with E-state index >= 15 is 0 Å². The Bertz CT molecular complexity index is 339. The summed E-state index contributed by atoms with van der Waals surface area (Å²) in [6.45, 7) is 7.23. The molecule has 3 atom stereocenters. The summed E-state index contributed by atoms with van der Waals surface area (Å²) in [5, 5.41) is 3.12. The van der Waals surface area contributed by atoms with Gasteiger partial charge in [0, 0.05) is 24.7 Å². The molecule has 3 N–H and O–H groups in total. The lowest BCUT2D eigenvalue weighted by Gasteiger charge is -2.37. The molecule has 2 fully saturated rings. The van der Waals surface area contributed by atoms with Crippen molar-refractivity contribution in [2.75, 3.05) is 19.6 Å². The van der Waals surface area contributed by atoms with Crippen LogP contribution in [0.25, 0.3) is 0 Å². The number of rotatable bonds is 4. The zero-order valence-corrected chi connectivity index (χ0v) is 15.6. The van der Waals surface area contributed by atoms with Crippen LogP contribution in [0.2, 0.25) is 0 Å². The lowest BCUT2D eigenvalue weighted by Crippen LogP contribution is -2.53. The molecule has 1 aliphatic carbocycles. The smallest absolute Gasteiger partial charge is 0.225 e. The molecule has 1 amide bonds. The van der Waals surface area contributed by atoms with Crippen molar-refractivity contribution in [1.82, 2.24) is 10.2 Å². The van der Waals surface area contributed by atoms with Crippen LogP contribution in [0.15, 0.2) is 0 Å². The molecule has 2 rings (SSSR count). The number of hydrogen-bond donors (Lipinski definition) is 2. The molecule has 1 aliphatic heterocycles. The summed E-state index contributed by atoms with van der Waals surface area (Å²) in [5.41, 5.74) is 5.97. The second-order valence-electron chi connectivity index (χ2n) is 6.98. The van der Waals surface area contributed by atoms with Crippen molar-refractivity contribution in [3.05, 3.63) is 0 Å². The van der Waals surface area contributed by atoms with Gasteiger partial charge in [0.05, 0.1) is 5.92 Å². The summed E-state index contributed by atoms with van der Waals surface area (Å²) in [5.74, 6) is 0.161. The number of nitrogens with one attached hydrogen (secondary N) is 1. The van der Waals surface area contributed by atoms with E-state index in [4.69, 9.17) is 5.73 Å². The third-order valence-corrected chi connectivity index (χ3v) is 5.21. The molecule has 0 radical (unpaired) electrons. The van der Waals surface area contributed by atoms with Gasteiger partial charge >= 0.3 is 0 Å². The molecule has 1 saturated heterocycles. The van der Waals surface area contributed by atoms with Gasteiger partial charge in [-0.15, -0.1) is 24.8 Å². The van der Waals surface area contributed by atoms with E-state index in [1.165, 1.54) is 25.8 Å². The van der Waals surface area contributed by atoms with Gasteiger partial charge in [-0.2, -0.15) is 0 Å². The van der Waals surface area contributed by atoms with Gasteiger partial charge in [0.1, 0.15) is 0 Å². The molecular weight excluding hydrogens is 321 g/mol. The lowest BCUT2D eigenvalue weighted by atomic mass is 9.74. The Morgan fingerprint density at radius 1 is 1.23 bits per heavy atom. The Kier molecular flexibility index (Phi) is 9.95. The Labute approximate surface area is 147 Å². The van der Waals surface area contributed by atoms with Gasteiger partial charge < -0.3 is 11.1 Å². The normalized spacial score (nSPS) is 32.5. The summed E-state index contributed by atoms with van der Waals surface area (Å²) < 4.78 is 0. The average molecular weight is 354 g/mol. The van der Waals surface area contributed by atoms with Crippen LogP contribution in [0.4, 0.5) is 0 Å². The second-order valence-corrected chi connectivity index (χ2v) is 6.98. The van der Waals surface area contributed by atoms with Crippen LogP contribution in [0.3, 0.4) is 0 Å². The number of amides is 1. The lowest BCUT2D eigenvalue weighted by molar-refractivity contribution is -0.128. The molecule has 6 heteroatoms. The van der Waals surface area contributed by atoms with Crippen molar-refractivity contribution in [2.45, 2.75) is 70.4 Å². The molecule has 3 unspecified atom stereocenters. The fraction of sp³-hybridized carbons (Fsp3) is 0.938. The van der Waals surface area contributed by atoms with E-state index < -0.39 is 0 Å². The quantitative estimate of drug-likeness (QED) is 0.816. The first kappa shape index (κ1) is 22.0. The molecule has 2 aliphatic rings. The van der Waals surface area contributed by atoms with Crippen LogP contribution >= 0.6 is 24.8 Å². The number of nitrogens with zero attached hydrogens (tertiary/aromatic N) is 1. The number of nitrogens with two attached hydrogens (primary N) is 1. The highest BCUT2D eigenvalue weighted by molar-refractivity contribution is 5.85. The molecule has 1 heterocycles. The van der Waals surface area contributed by atoms with E-state index in [-0.39, 0.29) is 42.2 Å². The van der Waals surface area contributed by atoms with Crippen molar-refractivity contribution in [3.63, 3.8) is 0 Å². The van der Waals surface area contributed by atoms with Crippen LogP contribution < -0.4 is 11.1 Å². The Balaban J connectivity index is 0.00000220. The molecule has 22 heavy (non-hydrogen) atoms. The van der Waals surface area contributed by atoms with Gasteiger partial charge in [0.15, 0.2) is 0 Å². The van der Waals surface area contributed by atoms with E-state index in [2.05, 4.69) is 17.1 Å². The zero-order valence-electron chi connectivity index (χ0n) is 14.0. The van der Waals surface area contributed by atoms with Crippen molar-refractivity contribution < 1.29 is 4.79 Å². The predicted molar refractivity (Wildman–Crippen MR) is 96.9 cm³/mol. The van der Waals surface area contributed by atoms with Crippen LogP contribution in [0, 0.1) is 5.92 Å². The predicted octanol–water partition coefficient (Wildman–Crippen LogP) is 2.73. The highest BCUT2D eigenvalue weighted by Crippen LogP contribution is 2.31. The molecule has 0 spiro atoms. The van der Waals surface area contributed by atoms with Crippen LogP contribution in [0.5, 0.6) is 0 Å². The first-order valence-electron chi connectivity index (χ1n) is 8.31. The minimum absolute atomic E-state index is 0. The third-order valence-electron chi connectivity index (χ3n) is 5.21. The molecule has 4 nitrogen and oxygen atoms in total. The van der Waals surface area contributed by atoms with E-state index in [0.29, 0.717) is 6.04 Å². The Hall–Kier alpha value is -0.0300. The maximum absolute atomic E-state index is 12.3. The first-order chi connectivity index (χ1) is 9.50. The van der Waals surface area contributed by atoms with Gasteiger partial charge in [-0.1, -0.05) is 19.3 Å². The highest BCUT2D eigenvalue weighted by Gasteiger charge is 2.37. The van der Waals surface area contributed by atoms with E-state index in [1.807, 2.05) is 6.92 Å². The van der Waals surface area contributed by atoms with Crippen LogP contribution in [-0.2, 0) is 4.79 Å². The summed E-state index contributed by atoms with van der Waals surface area (Å²) >= 11 is 0. The molecular formula is C16H33Cl2N3O. The van der Waals surface area contributed by atoms with E-state index in [9.17, 15) is 4.79 Å². The number of carbonyl (C=O) groups is 1. The number of piperidine rings is 1. The second kappa shape index (κ2) is 9.96. The van der Waals surface area contributed by atoms with Crippen molar-refractivity contribution in [3.8, 4) is 0 Å². The molecule has 0 aromatic heterocycles. The topological polar surface area (TPSA) is 58.4 Å².